The number of carbonyl (C=O) groups excluding carboxylic acids is 1. The van der Waals surface area contributed by atoms with Gasteiger partial charge in [0.2, 0.25) is 0 Å². The van der Waals surface area contributed by atoms with Crippen LogP contribution in [0.5, 0.6) is 0 Å². The molecule has 0 aromatic rings. The Morgan fingerprint density at radius 1 is 1.33 bits per heavy atom. The molecule has 4 nitrogen and oxygen atoms in total. The Balaban J connectivity index is 4.41. The maximum Gasteiger partial charge on any atom is 0.356 e. The second kappa shape index (κ2) is 6.81. The van der Waals surface area contributed by atoms with Crippen LogP contribution in [0.3, 0.4) is 0 Å². The molecule has 0 aromatic carbocycles. The molecule has 0 aliphatic carbocycles. The topological polar surface area (TPSA) is 59.4 Å². The minimum absolute atomic E-state index is 0.199. The first kappa shape index (κ1) is 13.4. The van der Waals surface area contributed by atoms with Crippen molar-refractivity contribution in [2.24, 2.45) is 0 Å². The first-order valence-corrected chi connectivity index (χ1v) is 4.78. The molecule has 1 N–H and O–H groups in total. The normalized spacial score (nSPS) is 10.7. The van der Waals surface area contributed by atoms with Crippen LogP contribution in [0, 0.1) is 5.41 Å². The number of hydrogen-bond acceptors (Lipinski definition) is 4. The van der Waals surface area contributed by atoms with E-state index in [-0.39, 0.29) is 12.3 Å². The van der Waals surface area contributed by atoms with Crippen molar-refractivity contribution in [2.45, 2.75) is 20.8 Å². The van der Waals surface area contributed by atoms with Gasteiger partial charge in [-0.1, -0.05) is 6.58 Å². The summed E-state index contributed by atoms with van der Waals surface area (Å²) in [6, 6.07) is 0. The molecule has 0 saturated carbocycles. The van der Waals surface area contributed by atoms with E-state index in [1.807, 2.05) is 6.92 Å². The molecular weight excluding hydrogens is 194 g/mol. The predicted molar refractivity (Wildman–Crippen MR) is 58.9 cm³/mol. The number of hydrogen-bond donors (Lipinski definition) is 1. The van der Waals surface area contributed by atoms with E-state index in [0.717, 1.165) is 0 Å². The van der Waals surface area contributed by atoms with Gasteiger partial charge < -0.3 is 9.47 Å². The number of allylic oxidation sites excluding steroid dienone is 1. The molecule has 0 spiro atoms. The Hall–Kier alpha value is -1.58. The summed E-state index contributed by atoms with van der Waals surface area (Å²) in [7, 11) is 0. The van der Waals surface area contributed by atoms with Gasteiger partial charge in [-0.3, -0.25) is 5.41 Å². The van der Waals surface area contributed by atoms with Crippen LogP contribution in [0.15, 0.2) is 24.0 Å². The first-order valence-electron chi connectivity index (χ1n) is 4.78. The minimum Gasteiger partial charge on any atom is -0.494 e. The molecule has 0 bridgehead atoms. The van der Waals surface area contributed by atoms with Crippen molar-refractivity contribution in [3.63, 3.8) is 0 Å². The van der Waals surface area contributed by atoms with Crippen molar-refractivity contribution < 1.29 is 14.3 Å². The lowest BCUT2D eigenvalue weighted by Gasteiger charge is -2.07. The molecule has 0 fully saturated rings. The fraction of sp³-hybridized carbons (Fsp3) is 0.455. The molecule has 84 valence electrons. The van der Waals surface area contributed by atoms with Gasteiger partial charge in [0, 0.05) is 0 Å². The van der Waals surface area contributed by atoms with Gasteiger partial charge in [0.1, 0.15) is 11.5 Å². The highest BCUT2D eigenvalue weighted by Gasteiger charge is 2.08. The van der Waals surface area contributed by atoms with Crippen molar-refractivity contribution in [2.75, 3.05) is 13.2 Å². The highest BCUT2D eigenvalue weighted by molar-refractivity contribution is 6.40. The van der Waals surface area contributed by atoms with E-state index in [2.05, 4.69) is 11.3 Å². The first-order chi connectivity index (χ1) is 7.02. The average Bonchev–Trinajstić information content (AvgIpc) is 2.18. The van der Waals surface area contributed by atoms with E-state index in [1.165, 1.54) is 6.08 Å². The van der Waals surface area contributed by atoms with Crippen molar-refractivity contribution in [1.82, 2.24) is 0 Å². The van der Waals surface area contributed by atoms with Gasteiger partial charge in [0.05, 0.1) is 13.2 Å². The summed E-state index contributed by atoms with van der Waals surface area (Å²) < 4.78 is 9.80. The fourth-order valence-corrected chi connectivity index (χ4v) is 0.853. The second-order valence-corrected chi connectivity index (χ2v) is 2.82. The Morgan fingerprint density at radius 2 is 1.87 bits per heavy atom. The SMILES string of the molecule is C=C(OCC)/C(C)=C/C(=N)C(=O)OCC. The van der Waals surface area contributed by atoms with E-state index in [1.54, 1.807) is 13.8 Å². The van der Waals surface area contributed by atoms with Gasteiger partial charge in [-0.05, 0) is 32.4 Å². The zero-order valence-corrected chi connectivity index (χ0v) is 9.42. The molecule has 0 saturated heterocycles. The lowest BCUT2D eigenvalue weighted by Crippen LogP contribution is -2.14. The molecule has 0 atom stereocenters. The van der Waals surface area contributed by atoms with Crippen molar-refractivity contribution >= 4 is 11.7 Å². The Kier molecular flexibility index (Phi) is 6.09. The molecule has 0 aliphatic rings. The number of esters is 1. The van der Waals surface area contributed by atoms with Crippen molar-refractivity contribution in [1.29, 1.82) is 5.41 Å². The van der Waals surface area contributed by atoms with Crippen LogP contribution < -0.4 is 0 Å². The number of carbonyl (C=O) groups is 1. The second-order valence-electron chi connectivity index (χ2n) is 2.82. The van der Waals surface area contributed by atoms with Crippen LogP contribution in [0.1, 0.15) is 20.8 Å². The van der Waals surface area contributed by atoms with E-state index in [0.29, 0.717) is 17.9 Å². The van der Waals surface area contributed by atoms with Gasteiger partial charge in [0.15, 0.2) is 0 Å². The van der Waals surface area contributed by atoms with Crippen LogP contribution in [0.2, 0.25) is 0 Å². The van der Waals surface area contributed by atoms with Gasteiger partial charge >= 0.3 is 5.97 Å². The quantitative estimate of drug-likeness (QED) is 0.316. The maximum absolute atomic E-state index is 11.1. The summed E-state index contributed by atoms with van der Waals surface area (Å²) in [6.07, 6.45) is 1.38. The molecule has 15 heavy (non-hydrogen) atoms. The highest BCUT2D eigenvalue weighted by Crippen LogP contribution is 2.08. The maximum atomic E-state index is 11.1. The third-order valence-corrected chi connectivity index (χ3v) is 1.61. The average molecular weight is 211 g/mol. The third-order valence-electron chi connectivity index (χ3n) is 1.61. The summed E-state index contributed by atoms with van der Waals surface area (Å²) in [5.41, 5.74) is 0.449. The standard InChI is InChI=1S/C11H17NO3/c1-5-14-9(4)8(3)7-10(12)11(13)15-6-2/h7,12H,4-6H2,1-3H3/b8-7+,12-10?. The number of nitrogens with one attached hydrogen (secondary N) is 1. The predicted octanol–water partition coefficient (Wildman–Crippen LogP) is 2.07. The molecule has 0 aromatic heterocycles. The molecule has 0 rings (SSSR count). The molecule has 0 aliphatic heterocycles. The largest absolute Gasteiger partial charge is 0.494 e. The lowest BCUT2D eigenvalue weighted by atomic mass is 10.2. The van der Waals surface area contributed by atoms with Gasteiger partial charge in [-0.25, -0.2) is 4.79 Å². The zero-order chi connectivity index (χ0) is 11.8. The number of ether oxygens (including phenoxy) is 2. The monoisotopic (exact) mass is 211 g/mol. The van der Waals surface area contributed by atoms with Crippen LogP contribution >= 0.6 is 0 Å². The highest BCUT2D eigenvalue weighted by atomic mass is 16.5. The molecule has 4 heteroatoms. The van der Waals surface area contributed by atoms with E-state index in [4.69, 9.17) is 10.1 Å². The van der Waals surface area contributed by atoms with Gasteiger partial charge in [-0.15, -0.1) is 0 Å². The van der Waals surface area contributed by atoms with Gasteiger partial charge in [0.25, 0.3) is 0 Å². The van der Waals surface area contributed by atoms with Crippen LogP contribution in [-0.2, 0) is 14.3 Å². The third kappa shape index (κ3) is 5.00. The Bertz CT molecular complexity index is 292. The van der Waals surface area contributed by atoms with Crippen LogP contribution in [0.4, 0.5) is 0 Å². The van der Waals surface area contributed by atoms with E-state index in [9.17, 15) is 4.79 Å². The van der Waals surface area contributed by atoms with Crippen LogP contribution in [-0.4, -0.2) is 24.9 Å². The van der Waals surface area contributed by atoms with Crippen LogP contribution in [0.25, 0.3) is 0 Å². The summed E-state index contributed by atoms with van der Waals surface area (Å²) in [6.45, 7) is 9.70. The van der Waals surface area contributed by atoms with E-state index >= 15 is 0 Å². The fourth-order valence-electron chi connectivity index (χ4n) is 0.853. The Morgan fingerprint density at radius 3 is 2.33 bits per heavy atom. The molecule has 0 heterocycles. The lowest BCUT2D eigenvalue weighted by molar-refractivity contribution is -0.135. The van der Waals surface area contributed by atoms with E-state index < -0.39 is 5.97 Å². The molecular formula is C11H17NO3. The summed E-state index contributed by atoms with van der Waals surface area (Å²) in [4.78, 5) is 11.1. The molecule has 0 unspecified atom stereocenters. The van der Waals surface area contributed by atoms with Crippen molar-refractivity contribution in [3.8, 4) is 0 Å². The van der Waals surface area contributed by atoms with Crippen molar-refractivity contribution in [3.05, 3.63) is 24.0 Å². The minimum atomic E-state index is -0.638. The zero-order valence-electron chi connectivity index (χ0n) is 9.42. The molecule has 0 amide bonds. The summed E-state index contributed by atoms with van der Waals surface area (Å²) in [5.74, 6) is -0.173. The summed E-state index contributed by atoms with van der Waals surface area (Å²) in [5, 5.41) is 7.41. The number of rotatable bonds is 6. The Labute approximate surface area is 90.1 Å². The molecule has 0 radical (unpaired) electrons. The summed E-state index contributed by atoms with van der Waals surface area (Å²) >= 11 is 0. The van der Waals surface area contributed by atoms with Gasteiger partial charge in [-0.2, -0.15) is 0 Å². The smallest absolute Gasteiger partial charge is 0.356 e.